The fourth-order valence-corrected chi connectivity index (χ4v) is 1.23. The van der Waals surface area contributed by atoms with Gasteiger partial charge in [0.2, 0.25) is 5.91 Å². The molecule has 10 heteroatoms. The molecule has 80 valence electrons. The lowest BCUT2D eigenvalue weighted by atomic mass is 10.1. The number of hydrazine groups is 1. The number of nitrogens with two attached hydrogens (primary N) is 2. The minimum absolute atomic E-state index is 0.00917. The predicted octanol–water partition coefficient (Wildman–Crippen LogP) is -3.43. The van der Waals surface area contributed by atoms with E-state index < -0.39 is 28.2 Å². The summed E-state index contributed by atoms with van der Waals surface area (Å²) >= 11 is 0. The number of amides is 3. The van der Waals surface area contributed by atoms with E-state index in [0.29, 0.717) is 4.90 Å². The Labute approximate surface area is 79.6 Å². The van der Waals surface area contributed by atoms with E-state index in [-0.39, 0.29) is 6.54 Å². The van der Waals surface area contributed by atoms with Gasteiger partial charge >= 0.3 is 16.2 Å². The van der Waals surface area contributed by atoms with Crippen molar-refractivity contribution in [2.24, 2.45) is 11.6 Å². The number of nitrogens with one attached hydrogen (secondary N) is 2. The first-order valence-corrected chi connectivity index (χ1v) is 4.97. The van der Waals surface area contributed by atoms with Crippen LogP contribution in [-0.4, -0.2) is 37.8 Å². The molecule has 3 amide bonds. The molecule has 1 aliphatic rings. The molecule has 0 radical (unpaired) electrons. The Morgan fingerprint density at radius 3 is 2.50 bits per heavy atom. The van der Waals surface area contributed by atoms with Crippen molar-refractivity contribution in [1.82, 2.24) is 14.5 Å². The van der Waals surface area contributed by atoms with Gasteiger partial charge in [-0.25, -0.2) is 9.52 Å². The van der Waals surface area contributed by atoms with Crippen LogP contribution in [0.2, 0.25) is 0 Å². The molecular weight excluding hydrogens is 214 g/mol. The maximum atomic E-state index is 11.0. The standard InChI is InChI=1S/C4H9N5O4S/c5-2-1-9(3(2)10)4(11)7-14(12,13)8-6/h2,8H,1,5-6H2,(H,7,11). The summed E-state index contributed by atoms with van der Waals surface area (Å²) < 4.78 is 22.9. The third kappa shape index (κ3) is 1.98. The van der Waals surface area contributed by atoms with E-state index in [1.807, 2.05) is 0 Å². The summed E-state index contributed by atoms with van der Waals surface area (Å²) in [7, 11) is -4.09. The number of urea groups is 1. The van der Waals surface area contributed by atoms with Crippen LogP contribution in [-0.2, 0) is 15.0 Å². The van der Waals surface area contributed by atoms with Gasteiger partial charge in [0.05, 0.1) is 6.54 Å². The molecule has 14 heavy (non-hydrogen) atoms. The second-order valence-electron chi connectivity index (χ2n) is 2.58. The molecule has 1 unspecified atom stereocenters. The Bertz CT molecular complexity index is 364. The second kappa shape index (κ2) is 3.49. The third-order valence-electron chi connectivity index (χ3n) is 1.58. The van der Waals surface area contributed by atoms with Crippen molar-refractivity contribution in [3.63, 3.8) is 0 Å². The number of hydrogen-bond donors (Lipinski definition) is 4. The first-order chi connectivity index (χ1) is 6.37. The molecule has 0 bridgehead atoms. The van der Waals surface area contributed by atoms with Crippen molar-refractivity contribution >= 4 is 22.1 Å². The summed E-state index contributed by atoms with van der Waals surface area (Å²) in [5.41, 5.74) is 5.19. The summed E-state index contributed by atoms with van der Waals surface area (Å²) in [6.07, 6.45) is 0. The fraction of sp³-hybridized carbons (Fsp3) is 0.500. The molecule has 1 atom stereocenters. The lowest BCUT2D eigenvalue weighted by Crippen LogP contribution is -2.65. The van der Waals surface area contributed by atoms with Crippen LogP contribution in [0, 0.1) is 0 Å². The highest BCUT2D eigenvalue weighted by Gasteiger charge is 2.39. The van der Waals surface area contributed by atoms with Crippen LogP contribution in [0.4, 0.5) is 4.79 Å². The van der Waals surface area contributed by atoms with Crippen molar-refractivity contribution in [2.75, 3.05) is 6.54 Å². The molecule has 1 rings (SSSR count). The lowest BCUT2D eigenvalue weighted by Gasteiger charge is -2.33. The molecular formula is C4H9N5O4S. The Morgan fingerprint density at radius 1 is 1.57 bits per heavy atom. The zero-order chi connectivity index (χ0) is 10.9. The number of likely N-dealkylation sites (tertiary alicyclic amines) is 1. The molecule has 1 aliphatic heterocycles. The van der Waals surface area contributed by atoms with Gasteiger partial charge in [0.15, 0.2) is 0 Å². The van der Waals surface area contributed by atoms with E-state index in [9.17, 15) is 18.0 Å². The van der Waals surface area contributed by atoms with Crippen LogP contribution in [0.3, 0.4) is 0 Å². The minimum Gasteiger partial charge on any atom is -0.318 e. The first-order valence-electron chi connectivity index (χ1n) is 3.48. The van der Waals surface area contributed by atoms with E-state index in [2.05, 4.69) is 5.84 Å². The molecule has 1 fully saturated rings. The van der Waals surface area contributed by atoms with Crippen LogP contribution in [0.15, 0.2) is 0 Å². The van der Waals surface area contributed by atoms with Gasteiger partial charge < -0.3 is 5.73 Å². The Balaban J connectivity index is 2.57. The summed E-state index contributed by atoms with van der Waals surface area (Å²) in [5.74, 6) is 3.97. The van der Waals surface area contributed by atoms with Crippen molar-refractivity contribution in [3.8, 4) is 0 Å². The molecule has 0 aromatic carbocycles. The first kappa shape index (κ1) is 10.8. The Hall–Kier alpha value is -1.23. The van der Waals surface area contributed by atoms with Crippen molar-refractivity contribution in [2.45, 2.75) is 6.04 Å². The summed E-state index contributed by atoms with van der Waals surface area (Å²) in [4.78, 5) is 23.9. The number of carbonyl (C=O) groups is 2. The monoisotopic (exact) mass is 223 g/mol. The molecule has 1 heterocycles. The quantitative estimate of drug-likeness (QED) is 0.217. The average Bonchev–Trinajstić information content (AvgIpc) is 2.12. The number of imide groups is 1. The van der Waals surface area contributed by atoms with Gasteiger partial charge in [0.1, 0.15) is 6.04 Å². The molecule has 0 aromatic heterocycles. The number of β-lactam (4-membered cyclic amide) rings is 1. The average molecular weight is 223 g/mol. The zero-order valence-electron chi connectivity index (χ0n) is 6.93. The molecule has 1 saturated heterocycles. The highest BCUT2D eigenvalue weighted by atomic mass is 32.2. The Morgan fingerprint density at radius 2 is 2.14 bits per heavy atom. The summed E-state index contributed by atoms with van der Waals surface area (Å²) in [6.45, 7) is -0.00917. The smallest absolute Gasteiger partial charge is 0.318 e. The van der Waals surface area contributed by atoms with Crippen molar-refractivity contribution in [3.05, 3.63) is 0 Å². The van der Waals surface area contributed by atoms with E-state index >= 15 is 0 Å². The molecule has 9 nitrogen and oxygen atoms in total. The number of nitrogens with zero attached hydrogens (tertiary/aromatic N) is 1. The SMILES string of the molecule is NNS(=O)(=O)NC(=O)N1CC(N)C1=O. The minimum atomic E-state index is -4.09. The van der Waals surface area contributed by atoms with E-state index in [1.54, 1.807) is 0 Å². The molecule has 0 aromatic rings. The maximum Gasteiger partial charge on any atom is 0.338 e. The topological polar surface area (TPSA) is 148 Å². The van der Waals surface area contributed by atoms with Gasteiger partial charge in [-0.3, -0.25) is 15.5 Å². The third-order valence-corrected chi connectivity index (χ3v) is 2.34. The lowest BCUT2D eigenvalue weighted by molar-refractivity contribution is -0.137. The highest BCUT2D eigenvalue weighted by Crippen LogP contribution is 2.07. The number of hydrogen-bond acceptors (Lipinski definition) is 6. The Kier molecular flexibility index (Phi) is 2.71. The van der Waals surface area contributed by atoms with Gasteiger partial charge in [0, 0.05) is 0 Å². The number of carbonyl (C=O) groups excluding carboxylic acids is 2. The number of rotatable bonds is 2. The molecule has 0 spiro atoms. The van der Waals surface area contributed by atoms with Gasteiger partial charge in [-0.05, 0) is 0 Å². The zero-order valence-corrected chi connectivity index (χ0v) is 7.74. The van der Waals surface area contributed by atoms with Crippen LogP contribution < -0.4 is 21.1 Å². The normalized spacial score (nSPS) is 21.7. The molecule has 6 N–H and O–H groups in total. The van der Waals surface area contributed by atoms with E-state index in [0.717, 1.165) is 0 Å². The van der Waals surface area contributed by atoms with Crippen molar-refractivity contribution < 1.29 is 18.0 Å². The fourth-order valence-electron chi connectivity index (χ4n) is 0.835. The predicted molar refractivity (Wildman–Crippen MR) is 44.5 cm³/mol. The van der Waals surface area contributed by atoms with E-state index in [4.69, 9.17) is 5.73 Å². The summed E-state index contributed by atoms with van der Waals surface area (Å²) in [5, 5.41) is 0. The van der Waals surface area contributed by atoms with Gasteiger partial charge in [-0.1, -0.05) is 0 Å². The second-order valence-corrected chi connectivity index (χ2v) is 4.03. The van der Waals surface area contributed by atoms with Crippen LogP contribution >= 0.6 is 0 Å². The largest absolute Gasteiger partial charge is 0.338 e. The van der Waals surface area contributed by atoms with Gasteiger partial charge in [0.25, 0.3) is 0 Å². The van der Waals surface area contributed by atoms with E-state index in [1.165, 1.54) is 9.55 Å². The molecule has 0 aliphatic carbocycles. The summed E-state index contributed by atoms with van der Waals surface area (Å²) in [6, 6.07) is -1.82. The highest BCUT2D eigenvalue weighted by molar-refractivity contribution is 7.88. The van der Waals surface area contributed by atoms with Gasteiger partial charge in [-0.15, -0.1) is 4.83 Å². The van der Waals surface area contributed by atoms with Crippen LogP contribution in [0.1, 0.15) is 0 Å². The van der Waals surface area contributed by atoms with Gasteiger partial charge in [-0.2, -0.15) is 8.42 Å². The van der Waals surface area contributed by atoms with Crippen LogP contribution in [0.5, 0.6) is 0 Å². The van der Waals surface area contributed by atoms with Crippen molar-refractivity contribution in [1.29, 1.82) is 0 Å². The maximum absolute atomic E-state index is 11.0. The molecule has 0 saturated carbocycles. The van der Waals surface area contributed by atoms with Crippen LogP contribution in [0.25, 0.3) is 0 Å².